The largest absolute Gasteiger partial charge is 0.383 e. The number of nitrogens with zero attached hydrogens (tertiary/aromatic N) is 6. The van der Waals surface area contributed by atoms with Gasteiger partial charge >= 0.3 is 0 Å². The monoisotopic (exact) mass is 375 g/mol. The zero-order valence-corrected chi connectivity index (χ0v) is 15.5. The van der Waals surface area contributed by atoms with Gasteiger partial charge in [0.15, 0.2) is 5.82 Å². The van der Waals surface area contributed by atoms with Crippen molar-refractivity contribution in [3.8, 4) is 0 Å². The van der Waals surface area contributed by atoms with Crippen molar-refractivity contribution in [1.29, 1.82) is 0 Å². The summed E-state index contributed by atoms with van der Waals surface area (Å²) in [5.41, 5.74) is 1.98. The molecular formula is C17H22ClN7O. The summed E-state index contributed by atoms with van der Waals surface area (Å²) in [5.74, 6) is 2.40. The molecule has 138 valence electrons. The summed E-state index contributed by atoms with van der Waals surface area (Å²) in [5, 5.41) is 12.7. The van der Waals surface area contributed by atoms with Gasteiger partial charge in [0.1, 0.15) is 5.82 Å². The molecule has 0 atom stereocenters. The van der Waals surface area contributed by atoms with Crippen molar-refractivity contribution in [3.05, 3.63) is 34.9 Å². The van der Waals surface area contributed by atoms with Gasteiger partial charge in [-0.2, -0.15) is 0 Å². The van der Waals surface area contributed by atoms with Gasteiger partial charge in [0.05, 0.1) is 30.7 Å². The first-order chi connectivity index (χ1) is 12.7. The summed E-state index contributed by atoms with van der Waals surface area (Å²) >= 11 is 6.06. The molecule has 1 aliphatic heterocycles. The molecule has 0 saturated carbocycles. The van der Waals surface area contributed by atoms with Gasteiger partial charge in [0, 0.05) is 18.1 Å². The van der Waals surface area contributed by atoms with Gasteiger partial charge < -0.3 is 9.72 Å². The molecule has 1 saturated heterocycles. The minimum Gasteiger partial charge on any atom is -0.383 e. The lowest BCUT2D eigenvalue weighted by atomic mass is 9.96. The first kappa shape index (κ1) is 17.4. The molecule has 0 spiro atoms. The number of hydrogen-bond acceptors (Lipinski definition) is 6. The second-order valence-corrected chi connectivity index (χ2v) is 7.08. The molecule has 3 heterocycles. The van der Waals surface area contributed by atoms with Gasteiger partial charge in [-0.05, 0) is 54.6 Å². The van der Waals surface area contributed by atoms with E-state index in [0.717, 1.165) is 60.2 Å². The van der Waals surface area contributed by atoms with E-state index in [2.05, 4.69) is 25.4 Å². The molecule has 26 heavy (non-hydrogen) atoms. The highest BCUT2D eigenvalue weighted by Gasteiger charge is 2.24. The molecule has 0 amide bonds. The van der Waals surface area contributed by atoms with Crippen molar-refractivity contribution >= 4 is 22.6 Å². The van der Waals surface area contributed by atoms with Crippen LogP contribution >= 0.6 is 11.6 Å². The molecule has 4 rings (SSSR count). The van der Waals surface area contributed by atoms with Crippen LogP contribution in [0.5, 0.6) is 0 Å². The first-order valence-electron chi connectivity index (χ1n) is 8.84. The van der Waals surface area contributed by atoms with E-state index in [1.165, 1.54) is 0 Å². The number of likely N-dealkylation sites (tertiary alicyclic amines) is 1. The molecule has 0 radical (unpaired) electrons. The fourth-order valence-electron chi connectivity index (χ4n) is 3.45. The second kappa shape index (κ2) is 7.69. The lowest BCUT2D eigenvalue weighted by Gasteiger charge is -2.30. The number of benzene rings is 1. The summed E-state index contributed by atoms with van der Waals surface area (Å²) in [7, 11) is 1.68. The Labute approximate surface area is 156 Å². The number of piperidine rings is 1. The molecule has 9 heteroatoms. The summed E-state index contributed by atoms with van der Waals surface area (Å²) < 4.78 is 6.92. The first-order valence-corrected chi connectivity index (χ1v) is 9.22. The number of imidazole rings is 1. The number of nitrogens with one attached hydrogen (secondary N) is 1. The highest BCUT2D eigenvalue weighted by Crippen LogP contribution is 2.28. The van der Waals surface area contributed by atoms with Crippen LogP contribution in [0.1, 0.15) is 30.4 Å². The molecule has 1 aliphatic rings. The van der Waals surface area contributed by atoms with Crippen LogP contribution in [0.2, 0.25) is 5.02 Å². The Kier molecular flexibility index (Phi) is 5.14. The number of halogens is 1. The van der Waals surface area contributed by atoms with E-state index in [1.54, 1.807) is 7.11 Å². The minimum atomic E-state index is 0.446. The molecule has 1 N–H and O–H groups in total. The summed E-state index contributed by atoms with van der Waals surface area (Å²) in [6, 6.07) is 5.78. The third-order valence-corrected chi connectivity index (χ3v) is 5.15. The van der Waals surface area contributed by atoms with Crippen LogP contribution in [-0.2, 0) is 17.8 Å². The molecule has 8 nitrogen and oxygen atoms in total. The number of tetrazole rings is 1. The maximum Gasteiger partial charge on any atom is 0.165 e. The van der Waals surface area contributed by atoms with E-state index in [0.29, 0.717) is 19.1 Å². The molecule has 2 aromatic heterocycles. The highest BCUT2D eigenvalue weighted by atomic mass is 35.5. The smallest absolute Gasteiger partial charge is 0.165 e. The van der Waals surface area contributed by atoms with Crippen LogP contribution in [0, 0.1) is 0 Å². The second-order valence-electron chi connectivity index (χ2n) is 6.64. The summed E-state index contributed by atoms with van der Waals surface area (Å²) in [6.45, 7) is 4.05. The number of rotatable bonds is 6. The van der Waals surface area contributed by atoms with Crippen molar-refractivity contribution in [1.82, 2.24) is 35.1 Å². The molecule has 0 bridgehead atoms. The quantitative estimate of drug-likeness (QED) is 0.711. The average molecular weight is 376 g/mol. The Bertz CT molecular complexity index is 869. The van der Waals surface area contributed by atoms with E-state index in [9.17, 15) is 0 Å². The van der Waals surface area contributed by atoms with Crippen molar-refractivity contribution in [2.75, 3.05) is 26.8 Å². The van der Waals surface area contributed by atoms with E-state index in [1.807, 2.05) is 22.9 Å². The van der Waals surface area contributed by atoms with Gasteiger partial charge in [-0.1, -0.05) is 11.6 Å². The number of H-pyrrole nitrogens is 1. The number of aromatic amines is 1. The van der Waals surface area contributed by atoms with E-state index >= 15 is 0 Å². The van der Waals surface area contributed by atoms with Crippen LogP contribution in [0.4, 0.5) is 0 Å². The van der Waals surface area contributed by atoms with Crippen molar-refractivity contribution < 1.29 is 4.74 Å². The van der Waals surface area contributed by atoms with E-state index in [-0.39, 0.29) is 0 Å². The molecular weight excluding hydrogens is 354 g/mol. The molecule has 0 aliphatic carbocycles. The number of ether oxygens (including phenoxy) is 1. The maximum atomic E-state index is 6.06. The van der Waals surface area contributed by atoms with E-state index in [4.69, 9.17) is 21.3 Å². The zero-order chi connectivity index (χ0) is 17.9. The minimum absolute atomic E-state index is 0.446. The predicted octanol–water partition coefficient (Wildman–Crippen LogP) is 2.23. The van der Waals surface area contributed by atoms with Crippen LogP contribution in [-0.4, -0.2) is 61.9 Å². The number of methoxy groups -OCH3 is 1. The summed E-state index contributed by atoms with van der Waals surface area (Å²) in [6.07, 6.45) is 2.13. The molecule has 0 unspecified atom stereocenters. The number of hydrogen-bond donors (Lipinski definition) is 1. The molecule has 3 aromatic rings. The fraction of sp³-hybridized carbons (Fsp3) is 0.529. The van der Waals surface area contributed by atoms with Gasteiger partial charge in [-0.15, -0.1) is 5.10 Å². The number of fused-ring (bicyclic) bond motifs is 1. The zero-order valence-electron chi connectivity index (χ0n) is 14.7. The normalized spacial score (nSPS) is 16.5. The van der Waals surface area contributed by atoms with Gasteiger partial charge in [-0.25, -0.2) is 9.67 Å². The van der Waals surface area contributed by atoms with Gasteiger partial charge in [0.25, 0.3) is 0 Å². The highest BCUT2D eigenvalue weighted by molar-refractivity contribution is 6.31. The SMILES string of the molecule is COCCn1nnnc1CN1CCC(c2nc3ccc(Cl)cc3[nH]2)CC1. The summed E-state index contributed by atoms with van der Waals surface area (Å²) in [4.78, 5) is 10.6. The van der Waals surface area contributed by atoms with Crippen LogP contribution in [0.25, 0.3) is 11.0 Å². The van der Waals surface area contributed by atoms with Gasteiger partial charge in [0.2, 0.25) is 0 Å². The third-order valence-electron chi connectivity index (χ3n) is 4.91. The Morgan fingerprint density at radius 2 is 2.15 bits per heavy atom. The maximum absolute atomic E-state index is 6.06. The third kappa shape index (κ3) is 3.72. The van der Waals surface area contributed by atoms with Gasteiger partial charge in [-0.3, -0.25) is 4.90 Å². The van der Waals surface area contributed by atoms with Crippen molar-refractivity contribution in [2.24, 2.45) is 0 Å². The van der Waals surface area contributed by atoms with Crippen LogP contribution in [0.3, 0.4) is 0 Å². The predicted molar refractivity (Wildman–Crippen MR) is 98.0 cm³/mol. The Hall–Kier alpha value is -2.03. The fourth-order valence-corrected chi connectivity index (χ4v) is 3.62. The Morgan fingerprint density at radius 1 is 1.31 bits per heavy atom. The topological polar surface area (TPSA) is 84.8 Å². The standard InChI is InChI=1S/C17H22ClN7O/c1-26-9-8-25-16(21-22-23-25)11-24-6-4-12(5-7-24)17-19-14-3-2-13(18)10-15(14)20-17/h2-3,10,12H,4-9,11H2,1H3,(H,19,20). The van der Waals surface area contributed by atoms with Crippen molar-refractivity contribution in [2.45, 2.75) is 31.8 Å². The molecule has 1 aromatic carbocycles. The van der Waals surface area contributed by atoms with E-state index < -0.39 is 0 Å². The van der Waals surface area contributed by atoms with Crippen LogP contribution < -0.4 is 0 Å². The molecule has 1 fully saturated rings. The van der Waals surface area contributed by atoms with Crippen LogP contribution in [0.15, 0.2) is 18.2 Å². The number of aromatic nitrogens is 6. The van der Waals surface area contributed by atoms with Crippen molar-refractivity contribution in [3.63, 3.8) is 0 Å². The Morgan fingerprint density at radius 3 is 2.96 bits per heavy atom. The Balaban J connectivity index is 1.37. The lowest BCUT2D eigenvalue weighted by Crippen LogP contribution is -2.34. The lowest BCUT2D eigenvalue weighted by molar-refractivity contribution is 0.172. The average Bonchev–Trinajstić information content (AvgIpc) is 3.27.